The number of aromatic nitrogens is 3. The van der Waals surface area contributed by atoms with Gasteiger partial charge in [-0.3, -0.25) is 4.79 Å². The van der Waals surface area contributed by atoms with Crippen LogP contribution in [0, 0.1) is 0 Å². The zero-order valence-electron chi connectivity index (χ0n) is 19.0. The lowest BCUT2D eigenvalue weighted by molar-refractivity contribution is -0.269. The van der Waals surface area contributed by atoms with Crippen molar-refractivity contribution in [1.82, 2.24) is 14.5 Å². The maximum atomic E-state index is 13.4. The van der Waals surface area contributed by atoms with Crippen LogP contribution < -0.4 is 10.5 Å². The molecular weight excluding hydrogens is 461 g/mol. The highest BCUT2D eigenvalue weighted by Gasteiger charge is 2.55. The lowest BCUT2D eigenvalue weighted by Gasteiger charge is -2.27. The molecule has 0 fully saturated rings. The predicted octanol–water partition coefficient (Wildman–Crippen LogP) is 4.41. The Labute approximate surface area is 199 Å². The van der Waals surface area contributed by atoms with Gasteiger partial charge in [0.1, 0.15) is 11.4 Å². The summed E-state index contributed by atoms with van der Waals surface area (Å²) in [6.07, 6.45) is -2.99. The Bertz CT molecular complexity index is 1380. The maximum Gasteiger partial charge on any atom is 0.423 e. The third-order valence-electron chi connectivity index (χ3n) is 5.93. The van der Waals surface area contributed by atoms with Crippen LogP contribution in [-0.4, -0.2) is 38.8 Å². The van der Waals surface area contributed by atoms with Crippen molar-refractivity contribution in [1.29, 1.82) is 0 Å². The third-order valence-corrected chi connectivity index (χ3v) is 5.93. The molecule has 0 saturated carbocycles. The van der Waals surface area contributed by atoms with Crippen molar-refractivity contribution in [2.75, 3.05) is 7.11 Å². The Morgan fingerprint density at radius 2 is 1.86 bits per heavy atom. The van der Waals surface area contributed by atoms with Gasteiger partial charge in [-0.2, -0.15) is 13.2 Å². The zero-order chi connectivity index (χ0) is 25.4. The van der Waals surface area contributed by atoms with E-state index < -0.39 is 29.8 Å². The summed E-state index contributed by atoms with van der Waals surface area (Å²) in [6, 6.07) is 14.3. The van der Waals surface area contributed by atoms with Gasteiger partial charge in [0, 0.05) is 18.1 Å². The normalized spacial score (nSPS) is 13.5. The van der Waals surface area contributed by atoms with Gasteiger partial charge in [-0.05, 0) is 47.4 Å². The van der Waals surface area contributed by atoms with Crippen molar-refractivity contribution in [2.24, 2.45) is 5.73 Å². The molecule has 4 aromatic rings. The maximum absolute atomic E-state index is 13.4. The molecule has 10 heteroatoms. The Balaban J connectivity index is 1.72. The van der Waals surface area contributed by atoms with E-state index in [2.05, 4.69) is 9.97 Å². The topological polar surface area (TPSA) is 103 Å². The molecule has 2 heterocycles. The van der Waals surface area contributed by atoms with E-state index in [-0.39, 0.29) is 12.2 Å². The van der Waals surface area contributed by atoms with E-state index in [1.807, 2.05) is 24.3 Å². The van der Waals surface area contributed by atoms with Crippen molar-refractivity contribution < 1.29 is 27.8 Å². The summed E-state index contributed by atoms with van der Waals surface area (Å²) in [7, 11) is 1.57. The summed E-state index contributed by atoms with van der Waals surface area (Å²) in [5.41, 5.74) is 4.90. The van der Waals surface area contributed by atoms with Gasteiger partial charge in [0.15, 0.2) is 0 Å². The smallest absolute Gasteiger partial charge is 0.423 e. The number of benzene rings is 2. The molecule has 2 aromatic carbocycles. The zero-order valence-corrected chi connectivity index (χ0v) is 19.0. The number of methoxy groups -OCH3 is 1. The number of halogens is 3. The van der Waals surface area contributed by atoms with Gasteiger partial charge in [-0.1, -0.05) is 31.2 Å². The second kappa shape index (κ2) is 9.03. The van der Waals surface area contributed by atoms with Crippen LogP contribution in [0.1, 0.15) is 35.1 Å². The van der Waals surface area contributed by atoms with Crippen LogP contribution in [0.15, 0.2) is 61.1 Å². The number of aliphatic hydroxyl groups is 1. The number of imidazole rings is 1. The Morgan fingerprint density at radius 1 is 1.14 bits per heavy atom. The molecule has 182 valence electrons. The molecule has 0 radical (unpaired) electrons. The number of fused-ring (bicyclic) bond motifs is 1. The predicted molar refractivity (Wildman–Crippen MR) is 124 cm³/mol. The molecule has 4 rings (SSSR count). The van der Waals surface area contributed by atoms with E-state index in [4.69, 9.17) is 10.5 Å². The fourth-order valence-electron chi connectivity index (χ4n) is 3.91. The SMILES string of the molecule is CCC(O)(c1cn(Cc2ccc3c(-c4ccc(OC)cc4)cc(C(N)=O)nc3c2)cn1)C(F)(F)F. The van der Waals surface area contributed by atoms with Crippen LogP contribution in [0.2, 0.25) is 0 Å². The number of ether oxygens (including phenoxy) is 1. The highest BCUT2D eigenvalue weighted by molar-refractivity contribution is 6.01. The first kappa shape index (κ1) is 24.2. The lowest BCUT2D eigenvalue weighted by atomic mass is 9.96. The third kappa shape index (κ3) is 4.57. The second-order valence-corrected chi connectivity index (χ2v) is 8.14. The van der Waals surface area contributed by atoms with Crippen LogP contribution in [0.3, 0.4) is 0 Å². The van der Waals surface area contributed by atoms with E-state index in [9.17, 15) is 23.1 Å². The number of carbonyl (C=O) groups is 1. The minimum atomic E-state index is -4.85. The van der Waals surface area contributed by atoms with Crippen molar-refractivity contribution >= 4 is 16.8 Å². The van der Waals surface area contributed by atoms with Gasteiger partial charge in [0.25, 0.3) is 5.91 Å². The molecule has 1 atom stereocenters. The molecule has 1 unspecified atom stereocenters. The first-order valence-corrected chi connectivity index (χ1v) is 10.7. The van der Waals surface area contributed by atoms with Crippen molar-refractivity contribution in [3.05, 3.63) is 78.0 Å². The molecular formula is C25H23F3N4O3. The first-order valence-electron chi connectivity index (χ1n) is 10.7. The molecule has 0 aliphatic carbocycles. The average molecular weight is 484 g/mol. The Hall–Kier alpha value is -3.92. The number of primary amides is 1. The summed E-state index contributed by atoms with van der Waals surface area (Å²) in [6.45, 7) is 1.43. The molecule has 0 bridgehead atoms. The average Bonchev–Trinajstić information content (AvgIpc) is 3.30. The van der Waals surface area contributed by atoms with Gasteiger partial charge in [0.2, 0.25) is 5.60 Å². The van der Waals surface area contributed by atoms with E-state index in [1.165, 1.54) is 24.0 Å². The standard InChI is InChI=1S/C25H23F3N4O3/c1-3-24(34,25(26,27)28)22-13-32(14-30-22)12-15-4-9-18-19(16-5-7-17(35-2)8-6-16)11-21(23(29)33)31-20(18)10-15/h4-11,13-14,34H,3,12H2,1-2H3,(H2,29,33). The summed E-state index contributed by atoms with van der Waals surface area (Å²) < 4.78 is 46.8. The van der Waals surface area contributed by atoms with Crippen molar-refractivity contribution in [3.8, 4) is 16.9 Å². The van der Waals surface area contributed by atoms with E-state index in [0.717, 1.165) is 16.5 Å². The fraction of sp³-hybridized carbons (Fsp3) is 0.240. The number of rotatable bonds is 7. The monoisotopic (exact) mass is 484 g/mol. The summed E-state index contributed by atoms with van der Waals surface area (Å²) in [5.74, 6) is 0.00189. The fourth-order valence-corrected chi connectivity index (χ4v) is 3.91. The summed E-state index contributed by atoms with van der Waals surface area (Å²) in [4.78, 5) is 20.1. The second-order valence-electron chi connectivity index (χ2n) is 8.14. The Kier molecular flexibility index (Phi) is 6.25. The molecule has 0 saturated heterocycles. The summed E-state index contributed by atoms with van der Waals surface area (Å²) >= 11 is 0. The minimum Gasteiger partial charge on any atom is -0.497 e. The van der Waals surface area contributed by atoms with E-state index >= 15 is 0 Å². The number of hydrogen-bond donors (Lipinski definition) is 2. The number of pyridine rings is 1. The molecule has 0 aliphatic rings. The number of alkyl halides is 3. The highest BCUT2D eigenvalue weighted by atomic mass is 19.4. The molecule has 7 nitrogen and oxygen atoms in total. The lowest BCUT2D eigenvalue weighted by Crippen LogP contribution is -2.42. The largest absolute Gasteiger partial charge is 0.497 e. The molecule has 0 spiro atoms. The van der Waals surface area contributed by atoms with Gasteiger partial charge < -0.3 is 20.1 Å². The van der Waals surface area contributed by atoms with Crippen LogP contribution >= 0.6 is 0 Å². The van der Waals surface area contributed by atoms with Gasteiger partial charge in [-0.25, -0.2) is 9.97 Å². The van der Waals surface area contributed by atoms with Crippen LogP contribution in [-0.2, 0) is 12.1 Å². The molecule has 1 amide bonds. The van der Waals surface area contributed by atoms with Gasteiger partial charge >= 0.3 is 6.18 Å². The highest BCUT2D eigenvalue weighted by Crippen LogP contribution is 2.40. The molecule has 2 aromatic heterocycles. The van der Waals surface area contributed by atoms with Crippen LogP contribution in [0.25, 0.3) is 22.0 Å². The molecule has 35 heavy (non-hydrogen) atoms. The number of hydrogen-bond acceptors (Lipinski definition) is 5. The van der Waals surface area contributed by atoms with Crippen molar-refractivity contribution in [2.45, 2.75) is 31.7 Å². The number of carbonyl (C=O) groups excluding carboxylic acids is 1. The van der Waals surface area contributed by atoms with Crippen LogP contribution in [0.4, 0.5) is 13.2 Å². The van der Waals surface area contributed by atoms with Crippen molar-refractivity contribution in [3.63, 3.8) is 0 Å². The number of amides is 1. The molecule has 0 aliphatic heterocycles. The quantitative estimate of drug-likeness (QED) is 0.404. The first-order chi connectivity index (χ1) is 16.6. The van der Waals surface area contributed by atoms with Gasteiger partial charge in [-0.15, -0.1) is 0 Å². The van der Waals surface area contributed by atoms with Gasteiger partial charge in [0.05, 0.1) is 24.6 Å². The van der Waals surface area contributed by atoms with E-state index in [0.29, 0.717) is 16.8 Å². The molecule has 3 N–H and O–H groups in total. The van der Waals surface area contributed by atoms with Crippen LogP contribution in [0.5, 0.6) is 5.75 Å². The number of nitrogens with two attached hydrogens (primary N) is 1. The minimum absolute atomic E-state index is 0.0866. The van der Waals surface area contributed by atoms with E-state index in [1.54, 1.807) is 31.4 Å². The number of nitrogens with zero attached hydrogens (tertiary/aromatic N) is 3. The Morgan fingerprint density at radius 3 is 2.46 bits per heavy atom. The summed E-state index contributed by atoms with van der Waals surface area (Å²) in [5, 5.41) is 10.9.